The number of alkyl halides is 1. The predicted octanol–water partition coefficient (Wildman–Crippen LogP) is 4.04. The quantitative estimate of drug-likeness (QED) is 0.778. The molecule has 1 aliphatic rings. The van der Waals surface area contributed by atoms with Crippen LogP contribution in [-0.2, 0) is 22.5 Å². The number of pyridine rings is 1. The molecule has 2 unspecified atom stereocenters. The second-order valence-corrected chi connectivity index (χ2v) is 7.84. The fraction of sp³-hybridized carbons (Fsp3) is 0.400. The van der Waals surface area contributed by atoms with Gasteiger partial charge in [-0.3, -0.25) is 9.78 Å². The van der Waals surface area contributed by atoms with Gasteiger partial charge in [-0.05, 0) is 55.5 Å². The third kappa shape index (κ3) is 3.61. The molecular weight excluding hydrogens is 392 g/mol. The summed E-state index contributed by atoms with van der Waals surface area (Å²) in [6, 6.07) is 6.31. The van der Waals surface area contributed by atoms with Crippen LogP contribution in [0.25, 0.3) is 0 Å². The number of aliphatic hydroxyl groups is 2. The number of aryl methyl sites for hydroxylation is 1. The highest BCUT2D eigenvalue weighted by molar-refractivity contribution is 6.35. The Kier molecular flexibility index (Phi) is 5.59. The average Bonchev–Trinajstić information content (AvgIpc) is 2.64. The molecular formula is C20H20Cl2FNO3. The van der Waals surface area contributed by atoms with Crippen LogP contribution in [0.3, 0.4) is 0 Å². The third-order valence-corrected chi connectivity index (χ3v) is 5.80. The van der Waals surface area contributed by atoms with E-state index < -0.39 is 23.7 Å². The van der Waals surface area contributed by atoms with Gasteiger partial charge < -0.3 is 10.2 Å². The molecule has 2 atom stereocenters. The first-order chi connectivity index (χ1) is 12.7. The molecule has 1 heterocycles. The van der Waals surface area contributed by atoms with Crippen molar-refractivity contribution in [1.29, 1.82) is 0 Å². The summed E-state index contributed by atoms with van der Waals surface area (Å²) in [4.78, 5) is 16.9. The van der Waals surface area contributed by atoms with Gasteiger partial charge in [0.05, 0.1) is 12.3 Å². The zero-order valence-corrected chi connectivity index (χ0v) is 16.3. The van der Waals surface area contributed by atoms with Gasteiger partial charge in [-0.1, -0.05) is 29.3 Å². The van der Waals surface area contributed by atoms with E-state index in [1.807, 2.05) is 6.92 Å². The minimum Gasteiger partial charge on any atom is -0.393 e. The van der Waals surface area contributed by atoms with Crippen molar-refractivity contribution in [1.82, 2.24) is 4.98 Å². The van der Waals surface area contributed by atoms with Gasteiger partial charge in [0, 0.05) is 28.2 Å². The number of ketones is 1. The number of carbonyl (C=O) groups excluding carboxylic acids is 1. The summed E-state index contributed by atoms with van der Waals surface area (Å²) in [5.41, 5.74) is -2.24. The van der Waals surface area contributed by atoms with E-state index in [2.05, 4.69) is 4.98 Å². The fourth-order valence-electron chi connectivity index (χ4n) is 3.66. The van der Waals surface area contributed by atoms with E-state index in [1.165, 1.54) is 18.3 Å². The van der Waals surface area contributed by atoms with Crippen LogP contribution < -0.4 is 0 Å². The number of nitrogens with zero attached hydrogens (tertiary/aromatic N) is 1. The van der Waals surface area contributed by atoms with Crippen LogP contribution in [0, 0.1) is 6.92 Å². The van der Waals surface area contributed by atoms with Crippen LogP contribution >= 0.6 is 23.2 Å². The van der Waals surface area contributed by atoms with Crippen LogP contribution in [0.4, 0.5) is 4.39 Å². The van der Waals surface area contributed by atoms with Crippen molar-refractivity contribution in [3.05, 3.63) is 62.9 Å². The van der Waals surface area contributed by atoms with E-state index in [9.17, 15) is 15.0 Å². The minimum atomic E-state index is -2.25. The number of aromatic nitrogens is 1. The first-order valence-corrected chi connectivity index (χ1v) is 9.43. The molecule has 0 bridgehead atoms. The molecule has 7 heteroatoms. The number of halogens is 3. The van der Waals surface area contributed by atoms with Crippen molar-refractivity contribution < 1.29 is 19.4 Å². The third-order valence-electron chi connectivity index (χ3n) is 5.25. The summed E-state index contributed by atoms with van der Waals surface area (Å²) in [5, 5.41) is 21.0. The molecule has 4 nitrogen and oxygen atoms in total. The molecule has 0 radical (unpaired) electrons. The van der Waals surface area contributed by atoms with Gasteiger partial charge in [0.25, 0.3) is 0 Å². The smallest absolute Gasteiger partial charge is 0.195 e. The molecule has 27 heavy (non-hydrogen) atoms. The lowest BCUT2D eigenvalue weighted by molar-refractivity contribution is -0.135. The van der Waals surface area contributed by atoms with Crippen LogP contribution in [0.2, 0.25) is 10.0 Å². The van der Waals surface area contributed by atoms with Gasteiger partial charge in [0.2, 0.25) is 0 Å². The van der Waals surface area contributed by atoms with E-state index in [0.717, 1.165) is 11.1 Å². The number of carbonyl (C=O) groups is 1. The highest BCUT2D eigenvalue weighted by Gasteiger charge is 2.51. The number of fused-ring (bicyclic) bond motifs is 1. The van der Waals surface area contributed by atoms with Crippen LogP contribution in [0.1, 0.15) is 41.6 Å². The van der Waals surface area contributed by atoms with Gasteiger partial charge in [0.1, 0.15) is 5.60 Å². The zero-order valence-electron chi connectivity index (χ0n) is 14.8. The second-order valence-electron chi connectivity index (χ2n) is 7.00. The van der Waals surface area contributed by atoms with Gasteiger partial charge in [-0.2, -0.15) is 0 Å². The van der Waals surface area contributed by atoms with E-state index in [4.69, 9.17) is 23.2 Å². The molecule has 0 spiro atoms. The second kappa shape index (κ2) is 7.47. The van der Waals surface area contributed by atoms with Crippen molar-refractivity contribution >= 4 is 29.0 Å². The Hall–Kier alpha value is -1.53. The lowest BCUT2D eigenvalue weighted by Gasteiger charge is -2.38. The Balaban J connectivity index is 1.88. The lowest BCUT2D eigenvalue weighted by atomic mass is 9.72. The first kappa shape index (κ1) is 20.2. The number of benzene rings is 1. The maximum atomic E-state index is 15.8. The van der Waals surface area contributed by atoms with Crippen molar-refractivity contribution in [3.8, 4) is 0 Å². The minimum absolute atomic E-state index is 0.0234. The van der Waals surface area contributed by atoms with Crippen LogP contribution in [0.5, 0.6) is 0 Å². The van der Waals surface area contributed by atoms with E-state index in [0.29, 0.717) is 10.0 Å². The van der Waals surface area contributed by atoms with Gasteiger partial charge in [-0.15, -0.1) is 0 Å². The fourth-order valence-corrected chi connectivity index (χ4v) is 4.35. The van der Waals surface area contributed by atoms with Gasteiger partial charge >= 0.3 is 0 Å². The molecule has 1 aromatic heterocycles. The molecule has 0 amide bonds. The topological polar surface area (TPSA) is 70.4 Å². The lowest BCUT2D eigenvalue weighted by Crippen LogP contribution is -2.45. The molecule has 144 valence electrons. The van der Waals surface area contributed by atoms with Crippen molar-refractivity contribution in [2.45, 2.75) is 43.9 Å². The Morgan fingerprint density at radius 1 is 1.33 bits per heavy atom. The standard InChI is InChI=1S/C20H20Cl2FNO3/c1-12-9-13(21)10-16(22)14(12)4-5-17(26)20(23)7-6-19(27,11-25)18-15(20)3-2-8-24-18/h2-3,8-10,25,27H,4-7,11H2,1H3. The number of aliphatic hydroxyl groups excluding tert-OH is 1. The Labute approximate surface area is 167 Å². The number of hydrogen-bond acceptors (Lipinski definition) is 4. The summed E-state index contributed by atoms with van der Waals surface area (Å²) in [7, 11) is 0. The first-order valence-electron chi connectivity index (χ1n) is 8.67. The summed E-state index contributed by atoms with van der Waals surface area (Å²) in [6.45, 7) is 1.25. The van der Waals surface area contributed by atoms with E-state index in [-0.39, 0.29) is 36.9 Å². The Bertz CT molecular complexity index is 868. The molecule has 1 aromatic carbocycles. The maximum absolute atomic E-state index is 15.8. The summed E-state index contributed by atoms with van der Waals surface area (Å²) in [6.07, 6.45) is 1.34. The molecule has 1 aliphatic carbocycles. The van der Waals surface area contributed by atoms with Gasteiger partial charge in [0.15, 0.2) is 11.5 Å². The summed E-state index contributed by atoms with van der Waals surface area (Å²) >= 11 is 12.2. The van der Waals surface area contributed by atoms with Crippen LogP contribution in [-0.4, -0.2) is 27.6 Å². The zero-order chi connectivity index (χ0) is 19.8. The maximum Gasteiger partial charge on any atom is 0.195 e. The monoisotopic (exact) mass is 411 g/mol. The highest BCUT2D eigenvalue weighted by Crippen LogP contribution is 2.46. The number of Topliss-reactive ketones (excluding diaryl/α,β-unsaturated/α-hetero) is 1. The predicted molar refractivity (Wildman–Crippen MR) is 102 cm³/mol. The van der Waals surface area contributed by atoms with Crippen molar-refractivity contribution in [2.24, 2.45) is 0 Å². The van der Waals surface area contributed by atoms with Crippen molar-refractivity contribution in [2.75, 3.05) is 6.61 Å². The number of rotatable bonds is 5. The summed E-state index contributed by atoms with van der Waals surface area (Å²) < 4.78 is 15.8. The van der Waals surface area contributed by atoms with E-state index in [1.54, 1.807) is 12.1 Å². The van der Waals surface area contributed by atoms with Gasteiger partial charge in [-0.25, -0.2) is 4.39 Å². The molecule has 2 aromatic rings. The Morgan fingerprint density at radius 2 is 2.07 bits per heavy atom. The summed E-state index contributed by atoms with van der Waals surface area (Å²) in [5.74, 6) is -0.595. The normalized spacial score (nSPS) is 24.5. The van der Waals surface area contributed by atoms with Crippen LogP contribution in [0.15, 0.2) is 30.5 Å². The van der Waals surface area contributed by atoms with Crippen molar-refractivity contribution in [3.63, 3.8) is 0 Å². The molecule has 0 fully saturated rings. The Morgan fingerprint density at radius 3 is 2.74 bits per heavy atom. The SMILES string of the molecule is Cc1cc(Cl)cc(Cl)c1CCC(=O)C1(F)CCC(O)(CO)c2ncccc21. The molecule has 0 aliphatic heterocycles. The molecule has 2 N–H and O–H groups in total. The van der Waals surface area contributed by atoms with E-state index >= 15 is 4.39 Å². The average molecular weight is 412 g/mol. The molecule has 0 saturated heterocycles. The number of hydrogen-bond donors (Lipinski definition) is 2. The largest absolute Gasteiger partial charge is 0.393 e. The molecule has 0 saturated carbocycles. The molecule has 3 rings (SSSR count). The highest BCUT2D eigenvalue weighted by atomic mass is 35.5.